The van der Waals surface area contributed by atoms with Crippen LogP contribution in [0.25, 0.3) is 11.4 Å². The summed E-state index contributed by atoms with van der Waals surface area (Å²) in [6, 6.07) is 14.6. The average molecular weight is 455 g/mol. The Bertz CT molecular complexity index is 1190. The lowest BCUT2D eigenvalue weighted by Crippen LogP contribution is -2.32. The minimum atomic E-state index is -3.76. The Balaban J connectivity index is 1.58. The largest absolute Gasteiger partial charge is 0.339 e. The van der Waals surface area contributed by atoms with Gasteiger partial charge >= 0.3 is 0 Å². The Hall–Kier alpha value is -3.04. The molecule has 0 saturated carbocycles. The van der Waals surface area contributed by atoms with Crippen molar-refractivity contribution in [1.29, 1.82) is 0 Å². The maximum Gasteiger partial charge on any atom is 0.253 e. The Kier molecular flexibility index (Phi) is 6.38. The Labute approximate surface area is 187 Å². The van der Waals surface area contributed by atoms with E-state index in [0.29, 0.717) is 17.0 Å². The van der Waals surface area contributed by atoms with Crippen LogP contribution in [0.15, 0.2) is 64.0 Å². The molecule has 0 spiro atoms. The molecule has 1 amide bonds. The third-order valence-corrected chi connectivity index (χ3v) is 6.93. The van der Waals surface area contributed by atoms with Gasteiger partial charge in [-0.05, 0) is 43.0 Å². The lowest BCUT2D eigenvalue weighted by atomic mass is 10.1. The summed E-state index contributed by atoms with van der Waals surface area (Å²) in [6.45, 7) is 5.29. The molecule has 9 heteroatoms. The molecule has 1 aliphatic rings. The van der Waals surface area contributed by atoms with Gasteiger partial charge in [0.15, 0.2) is 0 Å². The van der Waals surface area contributed by atoms with Crippen LogP contribution >= 0.6 is 0 Å². The topological polar surface area (TPSA) is 105 Å². The van der Waals surface area contributed by atoms with Crippen molar-refractivity contribution in [3.05, 3.63) is 66.1 Å². The van der Waals surface area contributed by atoms with Crippen molar-refractivity contribution < 1.29 is 17.7 Å². The second-order valence-electron chi connectivity index (χ2n) is 8.19. The Morgan fingerprint density at radius 2 is 1.78 bits per heavy atom. The summed E-state index contributed by atoms with van der Waals surface area (Å²) >= 11 is 0. The van der Waals surface area contributed by atoms with Crippen molar-refractivity contribution >= 4 is 15.9 Å². The standard InChI is InChI=1S/C23H26N4O4S/c1-16(2)20(26-32(29,30)19-11-4-3-5-12-19)22-24-21(25-31-22)17-9-8-10-18(15-17)23(28)27-13-6-7-14-27/h3-5,8-12,15-16,20,26H,6-7,13-14H2,1-2H3/t20-/m1/s1. The summed E-state index contributed by atoms with van der Waals surface area (Å²) in [6.07, 6.45) is 2.05. The highest BCUT2D eigenvalue weighted by atomic mass is 32.2. The minimum Gasteiger partial charge on any atom is -0.339 e. The fourth-order valence-corrected chi connectivity index (χ4v) is 5.04. The monoisotopic (exact) mass is 454 g/mol. The first kappa shape index (κ1) is 22.2. The van der Waals surface area contributed by atoms with Crippen LogP contribution in [0.3, 0.4) is 0 Å². The maximum atomic E-state index is 12.8. The molecule has 1 saturated heterocycles. The number of hydrogen-bond acceptors (Lipinski definition) is 6. The van der Waals surface area contributed by atoms with Crippen LogP contribution in [0.1, 0.15) is 49.0 Å². The molecule has 8 nitrogen and oxygen atoms in total. The SMILES string of the molecule is CC(C)[C@@H](NS(=O)(=O)c1ccccc1)c1nc(-c2cccc(C(=O)N3CCCC3)c2)no1. The van der Waals surface area contributed by atoms with E-state index in [2.05, 4.69) is 14.9 Å². The van der Waals surface area contributed by atoms with Crippen LogP contribution in [-0.4, -0.2) is 42.5 Å². The van der Waals surface area contributed by atoms with Crippen LogP contribution in [0.2, 0.25) is 0 Å². The van der Waals surface area contributed by atoms with E-state index in [1.165, 1.54) is 12.1 Å². The van der Waals surface area contributed by atoms with Crippen molar-refractivity contribution in [2.75, 3.05) is 13.1 Å². The van der Waals surface area contributed by atoms with Crippen molar-refractivity contribution in [3.63, 3.8) is 0 Å². The highest BCUT2D eigenvalue weighted by Crippen LogP contribution is 2.26. The molecule has 0 aliphatic carbocycles. The molecule has 1 aromatic heterocycles. The number of carbonyl (C=O) groups is 1. The molecule has 2 heterocycles. The molecule has 1 aliphatic heterocycles. The van der Waals surface area contributed by atoms with Crippen molar-refractivity contribution in [2.24, 2.45) is 5.92 Å². The molecule has 1 fully saturated rings. The summed E-state index contributed by atoms with van der Waals surface area (Å²) in [5.74, 6) is 0.333. The first-order valence-electron chi connectivity index (χ1n) is 10.7. The normalized spacial score (nSPS) is 15.3. The quantitative estimate of drug-likeness (QED) is 0.584. The summed E-state index contributed by atoms with van der Waals surface area (Å²) < 4.78 is 33.7. The number of amides is 1. The lowest BCUT2D eigenvalue weighted by Gasteiger charge is -2.18. The summed E-state index contributed by atoms with van der Waals surface area (Å²) in [7, 11) is -3.76. The molecular weight excluding hydrogens is 428 g/mol. The van der Waals surface area contributed by atoms with Gasteiger partial charge in [-0.25, -0.2) is 8.42 Å². The number of nitrogens with one attached hydrogen (secondary N) is 1. The van der Waals surface area contributed by atoms with E-state index >= 15 is 0 Å². The molecule has 1 N–H and O–H groups in total. The number of aromatic nitrogens is 2. The van der Waals surface area contributed by atoms with Crippen LogP contribution in [0.4, 0.5) is 0 Å². The van der Waals surface area contributed by atoms with Gasteiger partial charge in [-0.1, -0.05) is 49.3 Å². The Morgan fingerprint density at radius 3 is 2.47 bits per heavy atom. The molecular formula is C23H26N4O4S. The van der Waals surface area contributed by atoms with E-state index in [0.717, 1.165) is 25.9 Å². The molecule has 0 bridgehead atoms. The van der Waals surface area contributed by atoms with Gasteiger partial charge in [0.1, 0.15) is 6.04 Å². The van der Waals surface area contributed by atoms with Crippen molar-refractivity contribution in [1.82, 2.24) is 19.8 Å². The van der Waals surface area contributed by atoms with Gasteiger partial charge in [-0.2, -0.15) is 9.71 Å². The van der Waals surface area contributed by atoms with Gasteiger partial charge in [-0.3, -0.25) is 4.79 Å². The number of rotatable bonds is 7. The van der Waals surface area contributed by atoms with E-state index in [4.69, 9.17) is 4.52 Å². The van der Waals surface area contributed by atoms with Gasteiger partial charge in [0.05, 0.1) is 4.90 Å². The van der Waals surface area contributed by atoms with Crippen LogP contribution in [0.5, 0.6) is 0 Å². The van der Waals surface area contributed by atoms with Gasteiger partial charge in [-0.15, -0.1) is 0 Å². The molecule has 168 valence electrons. The zero-order valence-electron chi connectivity index (χ0n) is 18.1. The zero-order chi connectivity index (χ0) is 22.7. The molecule has 32 heavy (non-hydrogen) atoms. The van der Waals surface area contributed by atoms with Gasteiger partial charge in [0.2, 0.25) is 21.7 Å². The van der Waals surface area contributed by atoms with Gasteiger partial charge in [0.25, 0.3) is 5.91 Å². The van der Waals surface area contributed by atoms with Gasteiger partial charge < -0.3 is 9.42 Å². The fraction of sp³-hybridized carbons (Fsp3) is 0.348. The van der Waals surface area contributed by atoms with E-state index in [9.17, 15) is 13.2 Å². The summed E-state index contributed by atoms with van der Waals surface area (Å²) in [5.41, 5.74) is 1.21. The predicted octanol–water partition coefficient (Wildman–Crippen LogP) is 3.65. The fourth-order valence-electron chi connectivity index (χ4n) is 3.68. The number of nitrogens with zero attached hydrogens (tertiary/aromatic N) is 3. The molecule has 4 rings (SSSR count). The molecule has 0 unspecified atom stereocenters. The first-order valence-corrected chi connectivity index (χ1v) is 12.1. The minimum absolute atomic E-state index is 0.0104. The lowest BCUT2D eigenvalue weighted by molar-refractivity contribution is 0.0793. The number of sulfonamides is 1. The second kappa shape index (κ2) is 9.22. The van der Waals surface area contributed by atoms with Gasteiger partial charge in [0, 0.05) is 24.2 Å². The van der Waals surface area contributed by atoms with Crippen LogP contribution in [-0.2, 0) is 10.0 Å². The van der Waals surface area contributed by atoms with Crippen LogP contribution < -0.4 is 4.72 Å². The average Bonchev–Trinajstić information content (AvgIpc) is 3.50. The zero-order valence-corrected chi connectivity index (χ0v) is 18.9. The predicted molar refractivity (Wildman–Crippen MR) is 119 cm³/mol. The maximum absolute atomic E-state index is 12.8. The Morgan fingerprint density at radius 1 is 1.06 bits per heavy atom. The van der Waals surface area contributed by atoms with E-state index in [1.807, 2.05) is 18.7 Å². The highest BCUT2D eigenvalue weighted by molar-refractivity contribution is 7.89. The van der Waals surface area contributed by atoms with E-state index < -0.39 is 16.1 Å². The summed E-state index contributed by atoms with van der Waals surface area (Å²) in [4.78, 5) is 19.2. The number of carbonyl (C=O) groups excluding carboxylic acids is 1. The number of hydrogen-bond donors (Lipinski definition) is 1. The first-order chi connectivity index (χ1) is 15.3. The molecule has 2 aromatic carbocycles. The summed E-state index contributed by atoms with van der Waals surface area (Å²) in [5, 5.41) is 4.04. The second-order valence-corrected chi connectivity index (χ2v) is 9.91. The smallest absolute Gasteiger partial charge is 0.253 e. The third kappa shape index (κ3) is 4.73. The highest BCUT2D eigenvalue weighted by Gasteiger charge is 2.29. The van der Waals surface area contributed by atoms with E-state index in [1.54, 1.807) is 42.5 Å². The molecule has 3 aromatic rings. The number of benzene rings is 2. The number of likely N-dealkylation sites (tertiary alicyclic amines) is 1. The van der Waals surface area contributed by atoms with Crippen molar-refractivity contribution in [2.45, 2.75) is 37.6 Å². The van der Waals surface area contributed by atoms with Crippen LogP contribution in [0, 0.1) is 5.92 Å². The van der Waals surface area contributed by atoms with E-state index in [-0.39, 0.29) is 22.6 Å². The molecule has 0 radical (unpaired) electrons. The molecule has 1 atom stereocenters. The third-order valence-electron chi connectivity index (χ3n) is 5.47. The van der Waals surface area contributed by atoms with Crippen molar-refractivity contribution in [3.8, 4) is 11.4 Å².